The molecule has 33 heavy (non-hydrogen) atoms. The highest BCUT2D eigenvalue weighted by Crippen LogP contribution is 2.33. The van der Waals surface area contributed by atoms with Crippen LogP contribution in [0.25, 0.3) is 0 Å². The van der Waals surface area contributed by atoms with E-state index in [2.05, 4.69) is 20.3 Å². The number of aliphatic hydroxyl groups excluding tert-OH is 1. The number of aliphatic imine (C=N–C) groups is 2. The number of aromatic nitrogens is 1. The number of amidine groups is 1. The van der Waals surface area contributed by atoms with E-state index in [9.17, 15) is 23.1 Å². The molecule has 7 nitrogen and oxygen atoms in total. The second-order valence-electron chi connectivity index (χ2n) is 8.11. The third kappa shape index (κ3) is 4.95. The first-order chi connectivity index (χ1) is 15.5. The third-order valence-electron chi connectivity index (χ3n) is 5.29. The van der Waals surface area contributed by atoms with E-state index in [4.69, 9.17) is 0 Å². The number of likely N-dealkylation sites (N-methyl/N-ethyl adjacent to an activating group) is 1. The number of carbonyl (C=O) groups is 1. The maximum Gasteiger partial charge on any atom is 0.416 e. The molecule has 1 amide bonds. The number of thiazole rings is 1. The normalized spacial score (nSPS) is 18.7. The molecule has 0 spiro atoms. The first kappa shape index (κ1) is 23.0. The first-order valence-electron chi connectivity index (χ1n) is 10.0. The van der Waals surface area contributed by atoms with Gasteiger partial charge in [0.1, 0.15) is 17.6 Å². The van der Waals surface area contributed by atoms with E-state index in [1.807, 2.05) is 0 Å². The Morgan fingerprint density at radius 1 is 1.27 bits per heavy atom. The van der Waals surface area contributed by atoms with Gasteiger partial charge in [0.05, 0.1) is 30.9 Å². The average Bonchev–Trinajstić information content (AvgIpc) is 3.41. The van der Waals surface area contributed by atoms with Gasteiger partial charge in [-0.2, -0.15) is 18.2 Å². The van der Waals surface area contributed by atoms with Crippen LogP contribution >= 0.6 is 11.3 Å². The molecule has 11 heteroatoms. The van der Waals surface area contributed by atoms with Crippen molar-refractivity contribution in [3.63, 3.8) is 0 Å². The lowest BCUT2D eigenvalue weighted by atomic mass is 10.0. The molecule has 2 aliphatic rings. The van der Waals surface area contributed by atoms with Gasteiger partial charge in [0.25, 0.3) is 5.91 Å². The molecule has 0 fully saturated rings. The third-order valence-corrected chi connectivity index (χ3v) is 5.87. The molecule has 1 unspecified atom stereocenters. The number of aliphatic hydroxyl groups is 1. The Kier molecular flexibility index (Phi) is 6.04. The summed E-state index contributed by atoms with van der Waals surface area (Å²) < 4.78 is 39.3. The molecule has 2 aromatic rings. The maximum atomic E-state index is 13.1. The molecule has 1 aromatic heterocycles. The van der Waals surface area contributed by atoms with E-state index in [0.29, 0.717) is 41.5 Å². The SMILES string of the molecule is C[N+]1(C)C=C(C2=NC=C(NC(=O)c3cscn3)CC2)N=C1C(O)c1cccc(C(F)(F)F)c1. The van der Waals surface area contributed by atoms with Gasteiger partial charge in [-0.15, -0.1) is 11.3 Å². The van der Waals surface area contributed by atoms with E-state index >= 15 is 0 Å². The molecule has 2 N–H and O–H groups in total. The van der Waals surface area contributed by atoms with Crippen molar-refractivity contribution < 1.29 is 27.6 Å². The molecule has 1 aromatic carbocycles. The summed E-state index contributed by atoms with van der Waals surface area (Å²) in [7, 11) is 3.56. The Morgan fingerprint density at radius 2 is 2.06 bits per heavy atom. The Balaban J connectivity index is 1.53. The fourth-order valence-electron chi connectivity index (χ4n) is 3.56. The molecule has 0 bridgehead atoms. The van der Waals surface area contributed by atoms with Crippen LogP contribution in [0.5, 0.6) is 0 Å². The number of rotatable bonds is 5. The highest BCUT2D eigenvalue weighted by molar-refractivity contribution is 7.07. The summed E-state index contributed by atoms with van der Waals surface area (Å²) in [5, 5.41) is 15.3. The molecule has 4 rings (SSSR count). The van der Waals surface area contributed by atoms with Crippen LogP contribution in [-0.4, -0.2) is 46.1 Å². The number of carbonyl (C=O) groups excluding carboxylic acids is 1. The lowest BCUT2D eigenvalue weighted by Gasteiger charge is -2.25. The Hall–Kier alpha value is -3.15. The molecule has 0 saturated carbocycles. The van der Waals surface area contributed by atoms with Gasteiger partial charge < -0.3 is 10.4 Å². The van der Waals surface area contributed by atoms with Crippen LogP contribution in [0.2, 0.25) is 0 Å². The van der Waals surface area contributed by atoms with Crippen molar-refractivity contribution in [2.24, 2.45) is 9.98 Å². The van der Waals surface area contributed by atoms with Crippen molar-refractivity contribution in [2.75, 3.05) is 14.1 Å². The molecular formula is C22H21F3N5O2S+. The maximum absolute atomic E-state index is 13.1. The van der Waals surface area contributed by atoms with Crippen LogP contribution in [0.4, 0.5) is 13.2 Å². The van der Waals surface area contributed by atoms with Crippen LogP contribution < -0.4 is 5.32 Å². The topological polar surface area (TPSA) is 86.9 Å². The van der Waals surface area contributed by atoms with Crippen molar-refractivity contribution in [3.8, 4) is 0 Å². The van der Waals surface area contributed by atoms with Crippen molar-refractivity contribution in [1.82, 2.24) is 10.3 Å². The Labute approximate surface area is 191 Å². The Morgan fingerprint density at radius 3 is 2.70 bits per heavy atom. The molecule has 0 aliphatic carbocycles. The van der Waals surface area contributed by atoms with E-state index in [1.165, 1.54) is 23.5 Å². The zero-order valence-corrected chi connectivity index (χ0v) is 18.6. The van der Waals surface area contributed by atoms with Gasteiger partial charge in [-0.1, -0.05) is 12.1 Å². The van der Waals surface area contributed by atoms with Gasteiger partial charge in [-0.05, 0) is 30.5 Å². The number of nitrogens with zero attached hydrogens (tertiary/aromatic N) is 4. The lowest BCUT2D eigenvalue weighted by molar-refractivity contribution is -0.743. The highest BCUT2D eigenvalue weighted by atomic mass is 32.1. The minimum absolute atomic E-state index is 0.0723. The summed E-state index contributed by atoms with van der Waals surface area (Å²) in [6, 6.07) is 4.61. The summed E-state index contributed by atoms with van der Waals surface area (Å²) in [5.41, 5.74) is 3.06. The fourth-order valence-corrected chi connectivity index (χ4v) is 4.10. The van der Waals surface area contributed by atoms with Crippen LogP contribution in [0.15, 0.2) is 68.9 Å². The van der Waals surface area contributed by atoms with Gasteiger partial charge in [-0.3, -0.25) is 14.3 Å². The molecule has 1 atom stereocenters. The number of allylic oxidation sites excluding steroid dienone is 2. The summed E-state index contributed by atoms with van der Waals surface area (Å²) in [6.07, 6.45) is -1.44. The van der Waals surface area contributed by atoms with Crippen molar-refractivity contribution in [2.45, 2.75) is 25.1 Å². The van der Waals surface area contributed by atoms with E-state index in [-0.39, 0.29) is 16.0 Å². The number of benzene rings is 1. The van der Waals surface area contributed by atoms with Crippen LogP contribution in [-0.2, 0) is 6.18 Å². The predicted octanol–water partition coefficient (Wildman–Crippen LogP) is 4.03. The molecule has 172 valence electrons. The van der Waals surface area contributed by atoms with E-state index < -0.39 is 17.8 Å². The van der Waals surface area contributed by atoms with Crippen LogP contribution in [0.3, 0.4) is 0 Å². The fraction of sp³-hybridized carbons (Fsp3) is 0.273. The number of hydrogen-bond donors (Lipinski definition) is 2. The van der Waals surface area contributed by atoms with Crippen molar-refractivity contribution in [3.05, 3.63) is 75.8 Å². The minimum atomic E-state index is -4.50. The zero-order chi connectivity index (χ0) is 23.8. The van der Waals surface area contributed by atoms with Crippen LogP contribution in [0.1, 0.15) is 40.6 Å². The van der Waals surface area contributed by atoms with Gasteiger partial charge >= 0.3 is 6.18 Å². The van der Waals surface area contributed by atoms with Crippen molar-refractivity contribution in [1.29, 1.82) is 0 Å². The standard InChI is InChI=1S/C22H20F3N5O2S/c1-30(2)10-17(16-7-6-15(9-26-16)28-21(32)18-11-33-12-27-18)29-20(30)19(31)13-4-3-5-14(8-13)22(23,24)25/h3-5,8-12,19,31H,6-7H2,1-2H3/p+1. The number of amides is 1. The first-order valence-corrected chi connectivity index (χ1v) is 11.0. The lowest BCUT2D eigenvalue weighted by Crippen LogP contribution is -2.41. The number of quaternary nitrogens is 1. The highest BCUT2D eigenvalue weighted by Gasteiger charge is 2.38. The van der Waals surface area contributed by atoms with E-state index in [1.54, 1.807) is 37.4 Å². The molecule has 0 radical (unpaired) electrons. The number of hydrogen-bond acceptors (Lipinski definition) is 6. The quantitative estimate of drug-likeness (QED) is 0.639. The second-order valence-corrected chi connectivity index (χ2v) is 8.83. The summed E-state index contributed by atoms with van der Waals surface area (Å²) in [6.45, 7) is 0. The van der Waals surface area contributed by atoms with Crippen molar-refractivity contribution >= 4 is 28.8 Å². The average molecular weight is 477 g/mol. The summed E-state index contributed by atoms with van der Waals surface area (Å²) in [4.78, 5) is 25.1. The van der Waals surface area contributed by atoms with Crippen LogP contribution in [0, 0.1) is 0 Å². The van der Waals surface area contributed by atoms with Gasteiger partial charge in [0, 0.05) is 17.3 Å². The molecule has 2 aliphatic heterocycles. The summed E-state index contributed by atoms with van der Waals surface area (Å²) in [5.74, 6) is -0.0119. The van der Waals surface area contributed by atoms with Gasteiger partial charge in [0.2, 0.25) is 5.84 Å². The largest absolute Gasteiger partial charge is 0.416 e. The van der Waals surface area contributed by atoms with E-state index in [0.717, 1.165) is 12.1 Å². The van der Waals surface area contributed by atoms with Gasteiger partial charge in [0.15, 0.2) is 6.10 Å². The molecular weight excluding hydrogens is 455 g/mol. The second kappa shape index (κ2) is 8.65. The molecule has 3 heterocycles. The Bertz CT molecular complexity index is 1200. The minimum Gasteiger partial charge on any atom is -0.377 e. The number of halogens is 3. The number of nitrogens with one attached hydrogen (secondary N) is 1. The number of alkyl halides is 3. The predicted molar refractivity (Wildman–Crippen MR) is 118 cm³/mol. The zero-order valence-electron chi connectivity index (χ0n) is 17.8. The molecule has 0 saturated heterocycles. The van der Waals surface area contributed by atoms with Gasteiger partial charge in [-0.25, -0.2) is 4.98 Å². The smallest absolute Gasteiger partial charge is 0.377 e. The summed E-state index contributed by atoms with van der Waals surface area (Å²) >= 11 is 1.33. The monoisotopic (exact) mass is 476 g/mol.